The van der Waals surface area contributed by atoms with Crippen molar-refractivity contribution >= 4 is 39.0 Å². The van der Waals surface area contributed by atoms with Crippen molar-refractivity contribution in [3.63, 3.8) is 0 Å². The topological polar surface area (TPSA) is 16.1 Å². The number of alkyl halides is 1. The monoisotopic (exact) mass is 254 g/mol. The Labute approximate surface area is 105 Å². The normalized spacial score (nSPS) is 10.9. The van der Waals surface area contributed by atoms with Crippen LogP contribution in [0.1, 0.15) is 13.3 Å². The van der Waals surface area contributed by atoms with Gasteiger partial charge in [-0.1, -0.05) is 19.1 Å². The summed E-state index contributed by atoms with van der Waals surface area (Å²) in [5.41, 5.74) is 1.08. The van der Waals surface area contributed by atoms with E-state index in [1.54, 1.807) is 11.5 Å². The van der Waals surface area contributed by atoms with Crippen LogP contribution in [0.4, 0.5) is 5.00 Å². The minimum absolute atomic E-state index is 0.659. The fraction of sp³-hybridized carbons (Fsp3) is 0.417. The van der Waals surface area contributed by atoms with Crippen LogP contribution in [0.3, 0.4) is 0 Å². The molecule has 0 bridgehead atoms. The largest absolute Gasteiger partial charge is 0.360 e. The zero-order valence-corrected chi connectivity index (χ0v) is 10.9. The zero-order chi connectivity index (χ0) is 11.4. The molecule has 2 nitrogen and oxygen atoms in total. The van der Waals surface area contributed by atoms with Gasteiger partial charge in [-0.25, -0.2) is 0 Å². The van der Waals surface area contributed by atoms with Crippen molar-refractivity contribution in [1.29, 1.82) is 0 Å². The summed E-state index contributed by atoms with van der Waals surface area (Å²) in [6, 6.07) is 8.27. The number of benzene rings is 1. The molecule has 4 heteroatoms. The summed E-state index contributed by atoms with van der Waals surface area (Å²) < 4.78 is 4.46. The summed E-state index contributed by atoms with van der Waals surface area (Å²) in [5.74, 6) is 0.659. The van der Waals surface area contributed by atoms with Crippen molar-refractivity contribution in [3.8, 4) is 0 Å². The number of nitrogens with zero attached hydrogens (tertiary/aromatic N) is 2. The second-order valence-corrected chi connectivity index (χ2v) is 4.81. The van der Waals surface area contributed by atoms with Gasteiger partial charge in [-0.2, -0.15) is 4.37 Å². The summed E-state index contributed by atoms with van der Waals surface area (Å²) in [4.78, 5) is 2.33. The van der Waals surface area contributed by atoms with Gasteiger partial charge in [0.15, 0.2) is 0 Å². The summed E-state index contributed by atoms with van der Waals surface area (Å²) in [5, 5.41) is 2.49. The van der Waals surface area contributed by atoms with E-state index >= 15 is 0 Å². The van der Waals surface area contributed by atoms with Crippen LogP contribution in [-0.4, -0.2) is 23.3 Å². The molecule has 0 unspecified atom stereocenters. The molecular formula is C12H15ClN2S. The van der Waals surface area contributed by atoms with E-state index in [4.69, 9.17) is 11.6 Å². The van der Waals surface area contributed by atoms with E-state index in [1.807, 2.05) is 6.07 Å². The van der Waals surface area contributed by atoms with Crippen molar-refractivity contribution in [1.82, 2.24) is 4.37 Å². The third-order valence-corrected chi connectivity index (χ3v) is 3.61. The van der Waals surface area contributed by atoms with Gasteiger partial charge in [0.25, 0.3) is 0 Å². The van der Waals surface area contributed by atoms with Crippen LogP contribution in [0.15, 0.2) is 24.3 Å². The molecule has 0 amide bonds. The Morgan fingerprint density at radius 1 is 1.31 bits per heavy atom. The average molecular weight is 255 g/mol. The molecule has 0 atom stereocenters. The van der Waals surface area contributed by atoms with Crippen molar-refractivity contribution < 1.29 is 0 Å². The maximum atomic E-state index is 5.84. The first-order chi connectivity index (χ1) is 7.86. The molecule has 1 aromatic carbocycles. The SMILES string of the molecule is CCCN(CCCl)c1snc2ccccc12. The Balaban J connectivity index is 2.36. The smallest absolute Gasteiger partial charge is 0.120 e. The van der Waals surface area contributed by atoms with Crippen molar-refractivity contribution in [2.45, 2.75) is 13.3 Å². The Morgan fingerprint density at radius 3 is 2.88 bits per heavy atom. The quantitative estimate of drug-likeness (QED) is 0.756. The van der Waals surface area contributed by atoms with E-state index in [-0.39, 0.29) is 0 Å². The first-order valence-corrected chi connectivity index (χ1v) is 6.83. The fourth-order valence-corrected chi connectivity index (χ4v) is 2.91. The molecule has 0 aliphatic carbocycles. The standard InChI is InChI=1S/C12H15ClN2S/c1-2-8-15(9-7-13)12-10-5-3-4-6-11(10)14-16-12/h3-6H,2,7-9H2,1H3. The van der Waals surface area contributed by atoms with Crippen LogP contribution < -0.4 is 4.90 Å². The van der Waals surface area contributed by atoms with E-state index in [9.17, 15) is 0 Å². The van der Waals surface area contributed by atoms with E-state index in [2.05, 4.69) is 34.4 Å². The van der Waals surface area contributed by atoms with E-state index < -0.39 is 0 Å². The molecule has 2 aromatic rings. The molecule has 1 aromatic heterocycles. The van der Waals surface area contributed by atoms with Crippen molar-refractivity contribution in [3.05, 3.63) is 24.3 Å². The van der Waals surface area contributed by atoms with E-state index in [0.717, 1.165) is 25.0 Å². The molecule has 0 aliphatic rings. The highest BCUT2D eigenvalue weighted by atomic mass is 35.5. The summed E-state index contributed by atoms with van der Waals surface area (Å²) in [7, 11) is 0. The lowest BCUT2D eigenvalue weighted by Gasteiger charge is -2.21. The van der Waals surface area contributed by atoms with Gasteiger partial charge in [0.2, 0.25) is 0 Å². The predicted molar refractivity (Wildman–Crippen MR) is 72.8 cm³/mol. The maximum absolute atomic E-state index is 5.84. The third-order valence-electron chi connectivity index (χ3n) is 2.50. The Kier molecular flexibility index (Phi) is 4.02. The predicted octanol–water partition coefficient (Wildman–Crippen LogP) is 3.75. The Bertz CT molecular complexity index is 449. The Hall–Kier alpha value is -0.800. The second-order valence-electron chi connectivity index (χ2n) is 3.68. The molecule has 0 spiro atoms. The van der Waals surface area contributed by atoms with E-state index in [0.29, 0.717) is 5.88 Å². The molecule has 1 heterocycles. The molecule has 0 aliphatic heterocycles. The van der Waals surface area contributed by atoms with Crippen LogP contribution in [-0.2, 0) is 0 Å². The molecule has 0 saturated heterocycles. The van der Waals surface area contributed by atoms with Gasteiger partial charge in [-0.3, -0.25) is 0 Å². The van der Waals surface area contributed by atoms with Gasteiger partial charge >= 0.3 is 0 Å². The first-order valence-electron chi connectivity index (χ1n) is 5.52. The average Bonchev–Trinajstić information content (AvgIpc) is 2.72. The second kappa shape index (κ2) is 5.51. The number of hydrogen-bond donors (Lipinski definition) is 0. The molecule has 86 valence electrons. The molecule has 0 N–H and O–H groups in total. The fourth-order valence-electron chi connectivity index (χ4n) is 1.79. The van der Waals surface area contributed by atoms with Crippen LogP contribution in [0, 0.1) is 0 Å². The maximum Gasteiger partial charge on any atom is 0.120 e. The minimum Gasteiger partial charge on any atom is -0.360 e. The zero-order valence-electron chi connectivity index (χ0n) is 9.32. The van der Waals surface area contributed by atoms with Crippen LogP contribution >= 0.6 is 23.1 Å². The Morgan fingerprint density at radius 2 is 2.12 bits per heavy atom. The van der Waals surface area contributed by atoms with Crippen molar-refractivity contribution in [2.75, 3.05) is 23.9 Å². The summed E-state index contributed by atoms with van der Waals surface area (Å²) >= 11 is 7.41. The molecule has 16 heavy (non-hydrogen) atoms. The number of aromatic nitrogens is 1. The van der Waals surface area contributed by atoms with Crippen LogP contribution in [0.25, 0.3) is 10.9 Å². The first kappa shape index (κ1) is 11.7. The van der Waals surface area contributed by atoms with Gasteiger partial charge in [0.05, 0.1) is 5.52 Å². The molecular weight excluding hydrogens is 240 g/mol. The van der Waals surface area contributed by atoms with E-state index in [1.165, 1.54) is 10.4 Å². The highest BCUT2D eigenvalue weighted by Gasteiger charge is 2.11. The highest BCUT2D eigenvalue weighted by molar-refractivity contribution is 7.11. The van der Waals surface area contributed by atoms with Gasteiger partial charge in [0, 0.05) is 24.4 Å². The highest BCUT2D eigenvalue weighted by Crippen LogP contribution is 2.31. The van der Waals surface area contributed by atoms with Crippen LogP contribution in [0.2, 0.25) is 0 Å². The molecule has 2 rings (SSSR count). The number of rotatable bonds is 5. The lowest BCUT2D eigenvalue weighted by atomic mass is 10.2. The van der Waals surface area contributed by atoms with Crippen molar-refractivity contribution in [2.24, 2.45) is 0 Å². The summed E-state index contributed by atoms with van der Waals surface area (Å²) in [6.45, 7) is 4.12. The number of anilines is 1. The lowest BCUT2D eigenvalue weighted by Crippen LogP contribution is -2.25. The number of hydrogen-bond acceptors (Lipinski definition) is 3. The van der Waals surface area contributed by atoms with Crippen LogP contribution in [0.5, 0.6) is 0 Å². The molecule has 0 saturated carbocycles. The number of halogens is 1. The summed E-state index contributed by atoms with van der Waals surface area (Å²) in [6.07, 6.45) is 1.13. The number of fused-ring (bicyclic) bond motifs is 1. The lowest BCUT2D eigenvalue weighted by molar-refractivity contribution is 0.803. The minimum atomic E-state index is 0.659. The van der Waals surface area contributed by atoms with Gasteiger partial charge in [-0.05, 0) is 30.1 Å². The van der Waals surface area contributed by atoms with Gasteiger partial charge in [0.1, 0.15) is 5.00 Å². The molecule has 0 fully saturated rings. The van der Waals surface area contributed by atoms with Gasteiger partial charge in [-0.15, -0.1) is 11.6 Å². The molecule has 0 radical (unpaired) electrons. The van der Waals surface area contributed by atoms with Gasteiger partial charge < -0.3 is 4.90 Å². The third kappa shape index (κ3) is 2.30.